The summed E-state index contributed by atoms with van der Waals surface area (Å²) in [4.78, 5) is 0. The first-order chi connectivity index (χ1) is 9.34. The first-order valence-electron chi connectivity index (χ1n) is 6.95. The van der Waals surface area contributed by atoms with Gasteiger partial charge in [-0.3, -0.25) is 0 Å². The van der Waals surface area contributed by atoms with Crippen LogP contribution in [0, 0.1) is 0 Å². The summed E-state index contributed by atoms with van der Waals surface area (Å²) in [6.45, 7) is 0.601. The average molecular weight is 259 g/mol. The Bertz CT molecular complexity index is 536. The van der Waals surface area contributed by atoms with Gasteiger partial charge < -0.3 is 0 Å². The quantitative estimate of drug-likeness (QED) is 0.827. The normalized spacial score (nSPS) is 19.5. The van der Waals surface area contributed by atoms with Crippen LogP contribution in [0.4, 0.5) is 4.39 Å². The molecule has 0 spiro atoms. The van der Waals surface area contributed by atoms with Gasteiger partial charge in [-0.2, -0.15) is 0 Å². The molecular weight excluding hydrogens is 241 g/mol. The van der Waals surface area contributed by atoms with Crippen LogP contribution in [0.25, 0.3) is 0 Å². The number of hydrogen-bond acceptors (Lipinski definition) is 2. The molecule has 19 heavy (non-hydrogen) atoms. The summed E-state index contributed by atoms with van der Waals surface area (Å²) in [6, 6.07) is 10.0. The molecule has 0 saturated heterocycles. The molecule has 1 aromatic carbocycles. The molecule has 3 nitrogen and oxygen atoms in total. The second-order valence-corrected chi connectivity index (χ2v) is 5.13. The monoisotopic (exact) mass is 259 g/mol. The maximum atomic E-state index is 14.3. The number of fused-ring (bicyclic) bond motifs is 1. The highest BCUT2D eigenvalue weighted by atomic mass is 19.1. The SMILES string of the molecule is FC1CCCCCc2nnn(Cc3ccccc3)c21. The number of rotatable bonds is 2. The van der Waals surface area contributed by atoms with Crippen molar-refractivity contribution in [3.8, 4) is 0 Å². The lowest BCUT2D eigenvalue weighted by molar-refractivity contribution is 0.288. The molecule has 0 aliphatic heterocycles. The lowest BCUT2D eigenvalue weighted by Gasteiger charge is -2.15. The van der Waals surface area contributed by atoms with E-state index in [1.807, 2.05) is 30.3 Å². The third kappa shape index (κ3) is 2.67. The fourth-order valence-electron chi connectivity index (χ4n) is 2.68. The molecule has 1 unspecified atom stereocenters. The third-order valence-electron chi connectivity index (χ3n) is 3.69. The van der Waals surface area contributed by atoms with Crippen LogP contribution in [0.2, 0.25) is 0 Å². The number of alkyl halides is 1. The van der Waals surface area contributed by atoms with Crippen molar-refractivity contribution in [2.75, 3.05) is 0 Å². The molecular formula is C15H18FN3. The average Bonchev–Trinajstić information content (AvgIpc) is 2.79. The minimum absolute atomic E-state index is 0.592. The lowest BCUT2D eigenvalue weighted by atomic mass is 10.00. The van der Waals surface area contributed by atoms with Crippen molar-refractivity contribution in [2.45, 2.75) is 44.8 Å². The maximum absolute atomic E-state index is 14.3. The zero-order valence-corrected chi connectivity index (χ0v) is 10.9. The standard InChI is InChI=1S/C15H18FN3/c16-13-9-5-2-6-10-14-15(13)19(18-17-14)11-12-7-3-1-4-8-12/h1,3-4,7-8,13H,2,5-6,9-11H2. The van der Waals surface area contributed by atoms with E-state index in [0.29, 0.717) is 18.7 Å². The number of aromatic nitrogens is 3. The van der Waals surface area contributed by atoms with Gasteiger partial charge in [0, 0.05) is 0 Å². The van der Waals surface area contributed by atoms with Crippen LogP contribution in [-0.4, -0.2) is 15.0 Å². The van der Waals surface area contributed by atoms with Gasteiger partial charge in [0.15, 0.2) is 0 Å². The second kappa shape index (κ2) is 5.51. The van der Waals surface area contributed by atoms with Crippen LogP contribution >= 0.6 is 0 Å². The Morgan fingerprint density at radius 3 is 2.84 bits per heavy atom. The molecule has 0 fully saturated rings. The Morgan fingerprint density at radius 1 is 1.16 bits per heavy atom. The van der Waals surface area contributed by atoms with E-state index >= 15 is 0 Å². The molecule has 2 aromatic rings. The zero-order valence-electron chi connectivity index (χ0n) is 10.9. The van der Waals surface area contributed by atoms with Crippen molar-refractivity contribution in [1.82, 2.24) is 15.0 Å². The summed E-state index contributed by atoms with van der Waals surface area (Å²) in [6.07, 6.45) is 3.65. The van der Waals surface area contributed by atoms with E-state index in [-0.39, 0.29) is 0 Å². The molecule has 0 amide bonds. The Morgan fingerprint density at radius 2 is 2.00 bits per heavy atom. The Hall–Kier alpha value is -1.71. The van der Waals surface area contributed by atoms with Gasteiger partial charge in [-0.1, -0.05) is 48.4 Å². The summed E-state index contributed by atoms with van der Waals surface area (Å²) in [7, 11) is 0. The molecule has 0 N–H and O–H groups in total. The van der Waals surface area contributed by atoms with Crippen LogP contribution in [0.15, 0.2) is 30.3 Å². The van der Waals surface area contributed by atoms with Crippen molar-refractivity contribution in [3.05, 3.63) is 47.3 Å². The Kier molecular flexibility index (Phi) is 3.58. The van der Waals surface area contributed by atoms with Gasteiger partial charge in [0.25, 0.3) is 0 Å². The van der Waals surface area contributed by atoms with Crippen molar-refractivity contribution in [2.24, 2.45) is 0 Å². The van der Waals surface area contributed by atoms with E-state index in [2.05, 4.69) is 10.3 Å². The summed E-state index contributed by atoms with van der Waals surface area (Å²) < 4.78 is 16.0. The van der Waals surface area contributed by atoms with Gasteiger partial charge in [-0.25, -0.2) is 9.07 Å². The van der Waals surface area contributed by atoms with Crippen LogP contribution in [0.1, 0.15) is 48.8 Å². The first-order valence-corrected chi connectivity index (χ1v) is 6.95. The molecule has 0 saturated carbocycles. The summed E-state index contributed by atoms with van der Waals surface area (Å²) in [5, 5.41) is 8.33. The highest BCUT2D eigenvalue weighted by Gasteiger charge is 2.23. The number of benzene rings is 1. The topological polar surface area (TPSA) is 30.7 Å². The molecule has 3 rings (SSSR count). The predicted octanol–water partition coefficient (Wildman–Crippen LogP) is 3.45. The number of halogens is 1. The first kappa shape index (κ1) is 12.3. The van der Waals surface area contributed by atoms with E-state index in [9.17, 15) is 4.39 Å². The molecule has 0 bridgehead atoms. The van der Waals surface area contributed by atoms with E-state index in [4.69, 9.17) is 0 Å². The largest absolute Gasteiger partial charge is 0.242 e. The molecule has 1 heterocycles. The van der Waals surface area contributed by atoms with Gasteiger partial charge in [0.2, 0.25) is 0 Å². The van der Waals surface area contributed by atoms with Crippen molar-refractivity contribution < 1.29 is 4.39 Å². The van der Waals surface area contributed by atoms with Crippen molar-refractivity contribution in [1.29, 1.82) is 0 Å². The van der Waals surface area contributed by atoms with E-state index < -0.39 is 6.17 Å². The number of nitrogens with zero attached hydrogens (tertiary/aromatic N) is 3. The van der Waals surface area contributed by atoms with Crippen molar-refractivity contribution in [3.63, 3.8) is 0 Å². The molecule has 1 aliphatic rings. The van der Waals surface area contributed by atoms with E-state index in [0.717, 1.165) is 36.9 Å². The summed E-state index contributed by atoms with van der Waals surface area (Å²) >= 11 is 0. The number of aryl methyl sites for hydroxylation is 1. The van der Waals surface area contributed by atoms with Gasteiger partial charge in [-0.05, 0) is 24.8 Å². The van der Waals surface area contributed by atoms with Crippen LogP contribution < -0.4 is 0 Å². The number of hydrogen-bond donors (Lipinski definition) is 0. The minimum Gasteiger partial charge on any atom is -0.242 e. The zero-order chi connectivity index (χ0) is 13.1. The fourth-order valence-corrected chi connectivity index (χ4v) is 2.68. The molecule has 0 radical (unpaired) electrons. The fraction of sp³-hybridized carbons (Fsp3) is 0.467. The lowest BCUT2D eigenvalue weighted by Crippen LogP contribution is -2.11. The Balaban J connectivity index is 1.90. The molecule has 100 valence electrons. The summed E-state index contributed by atoms with van der Waals surface area (Å²) in [5.74, 6) is 0. The van der Waals surface area contributed by atoms with Crippen LogP contribution in [-0.2, 0) is 13.0 Å². The van der Waals surface area contributed by atoms with Gasteiger partial charge >= 0.3 is 0 Å². The Labute approximate surface area is 112 Å². The van der Waals surface area contributed by atoms with Crippen LogP contribution in [0.5, 0.6) is 0 Å². The maximum Gasteiger partial charge on any atom is 0.144 e. The van der Waals surface area contributed by atoms with Gasteiger partial charge in [0.1, 0.15) is 6.17 Å². The third-order valence-corrected chi connectivity index (χ3v) is 3.69. The smallest absolute Gasteiger partial charge is 0.144 e. The molecule has 1 aliphatic carbocycles. The molecule has 1 aromatic heterocycles. The van der Waals surface area contributed by atoms with Gasteiger partial charge in [0.05, 0.1) is 17.9 Å². The second-order valence-electron chi connectivity index (χ2n) is 5.13. The highest BCUT2D eigenvalue weighted by molar-refractivity contribution is 5.19. The van der Waals surface area contributed by atoms with E-state index in [1.54, 1.807) is 4.68 Å². The molecule has 4 heteroatoms. The predicted molar refractivity (Wildman–Crippen MR) is 71.6 cm³/mol. The minimum atomic E-state index is -0.922. The van der Waals surface area contributed by atoms with Crippen molar-refractivity contribution >= 4 is 0 Å². The summed E-state index contributed by atoms with van der Waals surface area (Å²) in [5.41, 5.74) is 2.68. The molecule has 1 atom stereocenters. The van der Waals surface area contributed by atoms with Crippen LogP contribution in [0.3, 0.4) is 0 Å². The van der Waals surface area contributed by atoms with E-state index in [1.165, 1.54) is 0 Å². The van der Waals surface area contributed by atoms with Gasteiger partial charge in [-0.15, -0.1) is 5.10 Å². The highest BCUT2D eigenvalue weighted by Crippen LogP contribution is 2.29.